The van der Waals surface area contributed by atoms with Gasteiger partial charge in [0.25, 0.3) is 0 Å². The van der Waals surface area contributed by atoms with Crippen LogP contribution in [0.15, 0.2) is 0 Å². The SMILES string of the molecule is CC(C)C(C)OC(=O)CCCC(=O)Oc1c(Cl)c(Cl)c(Cl)c(Cl)c1Cl. The second kappa shape index (κ2) is 10.1. The number of hydrogen-bond donors (Lipinski definition) is 0. The largest absolute Gasteiger partial charge is 0.462 e. The van der Waals surface area contributed by atoms with E-state index in [2.05, 4.69) is 0 Å². The molecule has 0 amide bonds. The monoisotopic (exact) mass is 448 g/mol. The molecule has 0 saturated heterocycles. The van der Waals surface area contributed by atoms with Crippen LogP contribution in [0.1, 0.15) is 40.0 Å². The van der Waals surface area contributed by atoms with Crippen molar-refractivity contribution in [3.8, 4) is 5.75 Å². The van der Waals surface area contributed by atoms with Crippen molar-refractivity contribution in [1.29, 1.82) is 0 Å². The zero-order chi connectivity index (χ0) is 19.3. The van der Waals surface area contributed by atoms with Crippen molar-refractivity contribution in [2.75, 3.05) is 0 Å². The minimum absolute atomic E-state index is 0.0276. The van der Waals surface area contributed by atoms with Crippen LogP contribution in [-0.4, -0.2) is 18.0 Å². The highest BCUT2D eigenvalue weighted by atomic mass is 35.5. The van der Waals surface area contributed by atoms with Gasteiger partial charge in [-0.1, -0.05) is 71.9 Å². The quantitative estimate of drug-likeness (QED) is 0.203. The average Bonchev–Trinajstić information content (AvgIpc) is 2.55. The molecule has 4 nitrogen and oxygen atoms in total. The molecule has 9 heteroatoms. The maximum atomic E-state index is 11.9. The van der Waals surface area contributed by atoms with Gasteiger partial charge in [0.05, 0.1) is 15.1 Å². The summed E-state index contributed by atoms with van der Waals surface area (Å²) in [7, 11) is 0. The predicted octanol–water partition coefficient (Wildman–Crippen LogP) is 6.62. The lowest BCUT2D eigenvalue weighted by molar-refractivity contribution is -0.150. The van der Waals surface area contributed by atoms with E-state index < -0.39 is 5.97 Å². The molecule has 0 aliphatic rings. The summed E-state index contributed by atoms with van der Waals surface area (Å²) in [6.07, 6.45) is 0.133. The van der Waals surface area contributed by atoms with E-state index in [0.717, 1.165) is 0 Å². The Morgan fingerprint density at radius 3 is 1.72 bits per heavy atom. The number of benzene rings is 1. The molecule has 0 radical (unpaired) electrons. The molecule has 140 valence electrons. The zero-order valence-corrected chi connectivity index (χ0v) is 17.6. The van der Waals surface area contributed by atoms with Gasteiger partial charge in [-0.15, -0.1) is 0 Å². The van der Waals surface area contributed by atoms with Crippen LogP contribution in [0.3, 0.4) is 0 Å². The van der Waals surface area contributed by atoms with Crippen LogP contribution in [0.4, 0.5) is 0 Å². The Morgan fingerprint density at radius 1 is 0.800 bits per heavy atom. The third-order valence-electron chi connectivity index (χ3n) is 3.40. The summed E-state index contributed by atoms with van der Waals surface area (Å²) in [5.74, 6) is -0.952. The second-order valence-electron chi connectivity index (χ2n) is 5.67. The number of esters is 2. The van der Waals surface area contributed by atoms with E-state index in [1.54, 1.807) is 0 Å². The summed E-state index contributed by atoms with van der Waals surface area (Å²) in [4.78, 5) is 23.6. The van der Waals surface area contributed by atoms with Crippen LogP contribution in [0.25, 0.3) is 0 Å². The van der Waals surface area contributed by atoms with Crippen molar-refractivity contribution in [1.82, 2.24) is 0 Å². The fourth-order valence-corrected chi connectivity index (χ4v) is 2.82. The third kappa shape index (κ3) is 6.37. The fraction of sp³-hybridized carbons (Fsp3) is 0.500. The highest BCUT2D eigenvalue weighted by Gasteiger charge is 2.22. The average molecular weight is 451 g/mol. The van der Waals surface area contributed by atoms with E-state index in [4.69, 9.17) is 67.5 Å². The Hall–Kier alpha value is -0.390. The lowest BCUT2D eigenvalue weighted by Gasteiger charge is -2.16. The smallest absolute Gasteiger partial charge is 0.311 e. The van der Waals surface area contributed by atoms with Crippen molar-refractivity contribution in [2.24, 2.45) is 5.92 Å². The van der Waals surface area contributed by atoms with Gasteiger partial charge < -0.3 is 9.47 Å². The van der Waals surface area contributed by atoms with Crippen LogP contribution in [0.2, 0.25) is 25.1 Å². The number of carbonyl (C=O) groups excluding carboxylic acids is 2. The molecule has 0 aliphatic heterocycles. The predicted molar refractivity (Wildman–Crippen MR) is 101 cm³/mol. The molecular formula is C16H17Cl5O4. The van der Waals surface area contributed by atoms with Gasteiger partial charge in [0.2, 0.25) is 0 Å². The number of carbonyl (C=O) groups is 2. The summed E-state index contributed by atoms with van der Waals surface area (Å²) in [5.41, 5.74) is 0. The first kappa shape index (κ1) is 22.7. The third-order valence-corrected chi connectivity index (χ3v) is 5.65. The Balaban J connectivity index is 2.60. The molecule has 1 unspecified atom stereocenters. The molecule has 0 aromatic heterocycles. The van der Waals surface area contributed by atoms with Gasteiger partial charge in [0.1, 0.15) is 16.1 Å². The first-order chi connectivity index (χ1) is 11.6. The van der Waals surface area contributed by atoms with Gasteiger partial charge in [0, 0.05) is 12.8 Å². The molecule has 0 aliphatic carbocycles. The highest BCUT2D eigenvalue weighted by molar-refractivity contribution is 6.55. The molecule has 1 aromatic carbocycles. The molecule has 1 aromatic rings. The van der Waals surface area contributed by atoms with Crippen molar-refractivity contribution in [2.45, 2.75) is 46.1 Å². The van der Waals surface area contributed by atoms with Crippen LogP contribution < -0.4 is 4.74 Å². The van der Waals surface area contributed by atoms with Crippen LogP contribution in [-0.2, 0) is 14.3 Å². The fourth-order valence-electron chi connectivity index (χ4n) is 1.62. The summed E-state index contributed by atoms with van der Waals surface area (Å²) < 4.78 is 10.3. The normalized spacial score (nSPS) is 12.2. The van der Waals surface area contributed by atoms with E-state index in [1.807, 2.05) is 20.8 Å². The summed E-state index contributed by atoms with van der Waals surface area (Å²) in [6, 6.07) is 0. The van der Waals surface area contributed by atoms with E-state index >= 15 is 0 Å². The first-order valence-corrected chi connectivity index (χ1v) is 9.36. The summed E-state index contributed by atoms with van der Waals surface area (Å²) >= 11 is 29.6. The standard InChI is InChI=1S/C16H17Cl5O4/c1-7(2)8(3)24-9(22)5-4-6-10(23)25-16-14(20)12(18)11(17)13(19)15(16)21/h7-8H,4-6H2,1-3H3. The van der Waals surface area contributed by atoms with Gasteiger partial charge in [-0.25, -0.2) is 0 Å². The lowest BCUT2D eigenvalue weighted by atomic mass is 10.1. The highest BCUT2D eigenvalue weighted by Crippen LogP contribution is 2.48. The maximum Gasteiger partial charge on any atom is 0.311 e. The van der Waals surface area contributed by atoms with E-state index in [0.29, 0.717) is 0 Å². The van der Waals surface area contributed by atoms with Crippen LogP contribution >= 0.6 is 58.0 Å². The van der Waals surface area contributed by atoms with Gasteiger partial charge in [0.15, 0.2) is 5.75 Å². The second-order valence-corrected chi connectivity index (χ2v) is 7.56. The van der Waals surface area contributed by atoms with Crippen LogP contribution in [0.5, 0.6) is 5.75 Å². The molecular weight excluding hydrogens is 433 g/mol. The molecule has 0 spiro atoms. The molecule has 0 heterocycles. The van der Waals surface area contributed by atoms with Gasteiger partial charge in [-0.05, 0) is 19.3 Å². The molecule has 0 bridgehead atoms. The lowest BCUT2D eigenvalue weighted by Crippen LogP contribution is -2.20. The van der Waals surface area contributed by atoms with Gasteiger partial charge in [-0.2, -0.15) is 0 Å². The van der Waals surface area contributed by atoms with E-state index in [9.17, 15) is 9.59 Å². The van der Waals surface area contributed by atoms with Crippen LogP contribution in [0, 0.1) is 5.92 Å². The van der Waals surface area contributed by atoms with E-state index in [-0.39, 0.29) is 68.1 Å². The molecule has 1 atom stereocenters. The van der Waals surface area contributed by atoms with Crippen molar-refractivity contribution >= 4 is 69.9 Å². The maximum absolute atomic E-state index is 11.9. The zero-order valence-electron chi connectivity index (χ0n) is 13.8. The molecule has 0 saturated carbocycles. The van der Waals surface area contributed by atoms with Crippen molar-refractivity contribution in [3.05, 3.63) is 25.1 Å². The van der Waals surface area contributed by atoms with Gasteiger partial charge >= 0.3 is 11.9 Å². The molecule has 0 fully saturated rings. The number of rotatable bonds is 7. The Kier molecular flexibility index (Phi) is 9.13. The Bertz CT molecular complexity index is 631. The minimum Gasteiger partial charge on any atom is -0.462 e. The molecule has 1 rings (SSSR count). The minimum atomic E-state index is -0.636. The van der Waals surface area contributed by atoms with Gasteiger partial charge in [-0.3, -0.25) is 9.59 Å². The Labute approximate surface area is 171 Å². The first-order valence-electron chi connectivity index (χ1n) is 7.47. The summed E-state index contributed by atoms with van der Waals surface area (Å²) in [5, 5.41) is -0.377. The number of hydrogen-bond acceptors (Lipinski definition) is 4. The molecule has 0 N–H and O–H groups in total. The van der Waals surface area contributed by atoms with Crippen molar-refractivity contribution < 1.29 is 19.1 Å². The van der Waals surface area contributed by atoms with E-state index in [1.165, 1.54) is 0 Å². The van der Waals surface area contributed by atoms with Crippen molar-refractivity contribution in [3.63, 3.8) is 0 Å². The molecule has 25 heavy (non-hydrogen) atoms. The number of halogens is 5. The number of ether oxygens (including phenoxy) is 2. The summed E-state index contributed by atoms with van der Waals surface area (Å²) in [6.45, 7) is 5.71. The topological polar surface area (TPSA) is 52.6 Å². The Morgan fingerprint density at radius 2 is 1.24 bits per heavy atom.